The highest BCUT2D eigenvalue weighted by atomic mass is 35.5. The minimum absolute atomic E-state index is 0.000109. The number of amides is 2. The molecule has 0 saturated heterocycles. The van der Waals surface area contributed by atoms with Crippen molar-refractivity contribution < 1.29 is 22.4 Å². The highest BCUT2D eigenvalue weighted by Crippen LogP contribution is 2.26. The van der Waals surface area contributed by atoms with E-state index >= 15 is 0 Å². The zero-order chi connectivity index (χ0) is 22.2. The highest BCUT2D eigenvalue weighted by molar-refractivity contribution is 7.89. The molecule has 0 bridgehead atoms. The van der Waals surface area contributed by atoms with Gasteiger partial charge in [-0.25, -0.2) is 17.5 Å². The predicted molar refractivity (Wildman–Crippen MR) is 110 cm³/mol. The van der Waals surface area contributed by atoms with E-state index in [4.69, 9.17) is 11.6 Å². The number of nitrogens with zero attached hydrogens (tertiary/aromatic N) is 2. The Morgan fingerprint density at radius 2 is 1.77 bits per heavy atom. The number of fused-ring (bicyclic) bond motifs is 1. The molecule has 0 saturated carbocycles. The summed E-state index contributed by atoms with van der Waals surface area (Å²) in [6.07, 6.45) is 1.39. The third-order valence-corrected chi connectivity index (χ3v) is 6.49. The zero-order valence-corrected chi connectivity index (χ0v) is 17.5. The van der Waals surface area contributed by atoms with Gasteiger partial charge in [0.2, 0.25) is 10.0 Å². The summed E-state index contributed by atoms with van der Waals surface area (Å²) in [5, 5.41) is 0.509. The molecule has 0 aliphatic carbocycles. The van der Waals surface area contributed by atoms with Gasteiger partial charge in [0.05, 0.1) is 17.0 Å². The number of sulfonamides is 1. The quantitative estimate of drug-likeness (QED) is 0.571. The number of aromatic nitrogens is 1. The zero-order valence-electron chi connectivity index (χ0n) is 15.9. The van der Waals surface area contributed by atoms with Crippen LogP contribution in [0.1, 0.15) is 32.0 Å². The predicted octanol–water partition coefficient (Wildman–Crippen LogP) is 3.15. The first-order valence-electron chi connectivity index (χ1n) is 9.10. The van der Waals surface area contributed by atoms with Crippen LogP contribution in [-0.4, -0.2) is 30.1 Å². The lowest BCUT2D eigenvalue weighted by atomic mass is 10.2. The van der Waals surface area contributed by atoms with Crippen molar-refractivity contribution >= 4 is 33.4 Å². The highest BCUT2D eigenvalue weighted by Gasteiger charge is 2.37. The monoisotopic (exact) mass is 459 g/mol. The number of hydrogen-bond acceptors (Lipinski definition) is 5. The van der Waals surface area contributed by atoms with Gasteiger partial charge in [0, 0.05) is 17.8 Å². The second-order valence-corrected chi connectivity index (χ2v) is 8.97. The number of pyridine rings is 1. The van der Waals surface area contributed by atoms with E-state index in [0.717, 1.165) is 17.0 Å². The third-order valence-electron chi connectivity index (χ3n) is 4.76. The van der Waals surface area contributed by atoms with Crippen LogP contribution in [0.25, 0.3) is 0 Å². The molecular weight excluding hydrogens is 445 g/mol. The number of hydrogen-bond donors (Lipinski definition) is 1. The van der Waals surface area contributed by atoms with E-state index in [1.807, 2.05) is 0 Å². The molecule has 0 unspecified atom stereocenters. The molecule has 0 fully saturated rings. The molecule has 2 aromatic carbocycles. The van der Waals surface area contributed by atoms with Crippen LogP contribution >= 0.6 is 11.6 Å². The van der Waals surface area contributed by atoms with Crippen molar-refractivity contribution in [3.8, 4) is 0 Å². The Hall–Kier alpha value is -3.14. The Morgan fingerprint density at radius 1 is 1.03 bits per heavy atom. The van der Waals surface area contributed by atoms with Gasteiger partial charge >= 0.3 is 0 Å². The number of halogens is 2. The Labute approximate surface area is 182 Å². The maximum absolute atomic E-state index is 13.9. The standard InChI is InChI=1S/C21H15ClFN3O4S/c22-15-6-3-13(4-7-15)11-25-31(29,30)18-10-16(23)8-5-14(18)12-26-20(27)17-2-1-9-24-19(17)21(26)28/h1-10,25H,11-12H2. The van der Waals surface area contributed by atoms with Crippen LogP contribution in [0.4, 0.5) is 4.39 Å². The molecular formula is C21H15ClFN3O4S. The minimum Gasteiger partial charge on any atom is -0.268 e. The number of imide groups is 1. The van der Waals surface area contributed by atoms with Crippen molar-refractivity contribution in [2.45, 2.75) is 18.0 Å². The van der Waals surface area contributed by atoms with Gasteiger partial charge < -0.3 is 0 Å². The molecule has 1 N–H and O–H groups in total. The SMILES string of the molecule is O=C1c2cccnc2C(=O)N1Cc1ccc(F)cc1S(=O)(=O)NCc1ccc(Cl)cc1. The first-order chi connectivity index (χ1) is 14.8. The summed E-state index contributed by atoms with van der Waals surface area (Å²) in [5.41, 5.74) is 0.886. The topological polar surface area (TPSA) is 96.4 Å². The maximum Gasteiger partial charge on any atom is 0.280 e. The van der Waals surface area contributed by atoms with E-state index in [-0.39, 0.29) is 34.8 Å². The number of rotatable bonds is 6. The van der Waals surface area contributed by atoms with Gasteiger partial charge in [0.15, 0.2) is 0 Å². The molecule has 2 heterocycles. The summed E-state index contributed by atoms with van der Waals surface area (Å²) in [4.78, 5) is 29.6. The fourth-order valence-corrected chi connectivity index (χ4v) is 4.58. The Morgan fingerprint density at radius 3 is 2.48 bits per heavy atom. The number of benzene rings is 2. The van der Waals surface area contributed by atoms with Crippen LogP contribution in [0.3, 0.4) is 0 Å². The van der Waals surface area contributed by atoms with Gasteiger partial charge in [-0.1, -0.05) is 29.8 Å². The van der Waals surface area contributed by atoms with Crippen LogP contribution in [0.5, 0.6) is 0 Å². The van der Waals surface area contributed by atoms with Crippen molar-refractivity contribution in [1.29, 1.82) is 0 Å². The average molecular weight is 460 g/mol. The minimum atomic E-state index is -4.15. The molecule has 1 aliphatic rings. The second kappa shape index (κ2) is 8.18. The molecule has 0 atom stereocenters. The Bertz CT molecular complexity index is 1260. The molecule has 1 aromatic heterocycles. The Balaban J connectivity index is 1.61. The van der Waals surface area contributed by atoms with Gasteiger partial charge in [-0.05, 0) is 47.5 Å². The summed E-state index contributed by atoms with van der Waals surface area (Å²) in [5.74, 6) is -1.99. The van der Waals surface area contributed by atoms with Crippen molar-refractivity contribution in [3.63, 3.8) is 0 Å². The van der Waals surface area contributed by atoms with Crippen LogP contribution in [-0.2, 0) is 23.1 Å². The van der Waals surface area contributed by atoms with Crippen molar-refractivity contribution in [3.05, 3.63) is 94.0 Å². The fraction of sp³-hybridized carbons (Fsp3) is 0.0952. The van der Waals surface area contributed by atoms with Crippen LogP contribution in [0, 0.1) is 5.82 Å². The summed E-state index contributed by atoms with van der Waals surface area (Å²) in [7, 11) is -4.15. The normalized spacial score (nSPS) is 13.5. The molecule has 7 nitrogen and oxygen atoms in total. The van der Waals surface area contributed by atoms with Crippen molar-refractivity contribution in [2.75, 3.05) is 0 Å². The van der Waals surface area contributed by atoms with Gasteiger partial charge in [-0.2, -0.15) is 0 Å². The summed E-state index contributed by atoms with van der Waals surface area (Å²) < 4.78 is 42.1. The van der Waals surface area contributed by atoms with Crippen LogP contribution in [0.2, 0.25) is 5.02 Å². The van der Waals surface area contributed by atoms with E-state index in [1.165, 1.54) is 24.4 Å². The second-order valence-electron chi connectivity index (χ2n) is 6.80. The fourth-order valence-electron chi connectivity index (χ4n) is 3.20. The van der Waals surface area contributed by atoms with Gasteiger partial charge in [-0.15, -0.1) is 0 Å². The number of nitrogens with one attached hydrogen (secondary N) is 1. The maximum atomic E-state index is 13.9. The van der Waals surface area contributed by atoms with Crippen LogP contribution < -0.4 is 4.72 Å². The lowest BCUT2D eigenvalue weighted by Gasteiger charge is -2.17. The van der Waals surface area contributed by atoms with Gasteiger partial charge in [0.1, 0.15) is 11.5 Å². The Kier molecular flexibility index (Phi) is 5.57. The smallest absolute Gasteiger partial charge is 0.268 e. The molecule has 31 heavy (non-hydrogen) atoms. The molecule has 10 heteroatoms. The summed E-state index contributed by atoms with van der Waals surface area (Å²) in [6, 6.07) is 12.7. The summed E-state index contributed by atoms with van der Waals surface area (Å²) in [6.45, 7) is -0.391. The van der Waals surface area contributed by atoms with Crippen LogP contribution in [0.15, 0.2) is 65.7 Å². The first-order valence-corrected chi connectivity index (χ1v) is 11.0. The third kappa shape index (κ3) is 4.20. The number of carbonyl (C=O) groups excluding carboxylic acids is 2. The summed E-state index contributed by atoms with van der Waals surface area (Å²) >= 11 is 5.83. The first kappa shape index (κ1) is 21.1. The lowest BCUT2D eigenvalue weighted by Crippen LogP contribution is -2.31. The van der Waals surface area contributed by atoms with Crippen molar-refractivity contribution in [2.24, 2.45) is 0 Å². The number of carbonyl (C=O) groups is 2. The van der Waals surface area contributed by atoms with E-state index in [9.17, 15) is 22.4 Å². The average Bonchev–Trinajstić information content (AvgIpc) is 2.99. The molecule has 3 aromatic rings. The molecule has 158 valence electrons. The van der Waals surface area contributed by atoms with E-state index in [1.54, 1.807) is 24.3 Å². The van der Waals surface area contributed by atoms with Gasteiger partial charge in [0.25, 0.3) is 11.8 Å². The molecule has 0 radical (unpaired) electrons. The van der Waals surface area contributed by atoms with Gasteiger partial charge in [-0.3, -0.25) is 19.5 Å². The van der Waals surface area contributed by atoms with E-state index in [2.05, 4.69) is 9.71 Å². The molecule has 1 aliphatic heterocycles. The largest absolute Gasteiger partial charge is 0.280 e. The van der Waals surface area contributed by atoms with E-state index in [0.29, 0.717) is 10.6 Å². The van der Waals surface area contributed by atoms with E-state index < -0.39 is 27.7 Å². The van der Waals surface area contributed by atoms with Crippen molar-refractivity contribution in [1.82, 2.24) is 14.6 Å². The molecule has 2 amide bonds. The molecule has 0 spiro atoms. The lowest BCUT2D eigenvalue weighted by molar-refractivity contribution is 0.0639. The molecule has 4 rings (SSSR count).